The molecular formula is C9H17ClN4S. The molecule has 1 aromatic rings. The summed E-state index contributed by atoms with van der Waals surface area (Å²) in [5.41, 5.74) is 0. The van der Waals surface area contributed by atoms with E-state index in [1.165, 1.54) is 25.0 Å². The van der Waals surface area contributed by atoms with Crippen molar-refractivity contribution in [3.05, 3.63) is 5.82 Å². The average Bonchev–Trinajstić information content (AvgIpc) is 2.70. The van der Waals surface area contributed by atoms with Crippen molar-refractivity contribution in [2.75, 3.05) is 12.0 Å². The number of tetrazole rings is 1. The highest BCUT2D eigenvalue weighted by Gasteiger charge is 2.02. The summed E-state index contributed by atoms with van der Waals surface area (Å²) in [6.45, 7) is 0.883. The zero-order valence-electron chi connectivity index (χ0n) is 9.02. The molecule has 0 aliphatic heterocycles. The molecule has 0 N–H and O–H groups in total. The number of alkyl halides is 1. The zero-order valence-corrected chi connectivity index (χ0v) is 10.6. The summed E-state index contributed by atoms with van der Waals surface area (Å²) in [6.07, 6.45) is 7.11. The molecule has 1 aromatic heterocycles. The van der Waals surface area contributed by atoms with Gasteiger partial charge in [0.05, 0.1) is 5.88 Å². The first-order valence-electron chi connectivity index (χ1n) is 5.18. The van der Waals surface area contributed by atoms with Crippen LogP contribution >= 0.6 is 23.4 Å². The Labute approximate surface area is 99.8 Å². The van der Waals surface area contributed by atoms with Gasteiger partial charge in [-0.1, -0.05) is 12.8 Å². The van der Waals surface area contributed by atoms with E-state index in [0.717, 1.165) is 18.8 Å². The van der Waals surface area contributed by atoms with Gasteiger partial charge in [0, 0.05) is 6.54 Å². The highest BCUT2D eigenvalue weighted by Crippen LogP contribution is 2.06. The maximum absolute atomic E-state index is 5.69. The lowest BCUT2D eigenvalue weighted by Crippen LogP contribution is -2.04. The quantitative estimate of drug-likeness (QED) is 0.523. The SMILES string of the molecule is CSCCCCCCn1nnnc1CCl. The van der Waals surface area contributed by atoms with Gasteiger partial charge in [-0.3, -0.25) is 0 Å². The first-order chi connectivity index (χ1) is 7.38. The van der Waals surface area contributed by atoms with Crippen molar-refractivity contribution in [2.45, 2.75) is 38.1 Å². The van der Waals surface area contributed by atoms with Crippen molar-refractivity contribution in [1.29, 1.82) is 0 Å². The molecule has 6 heteroatoms. The molecule has 0 fully saturated rings. The van der Waals surface area contributed by atoms with Crippen LogP contribution < -0.4 is 0 Å². The number of unbranched alkanes of at least 4 members (excludes halogenated alkanes) is 3. The summed E-state index contributed by atoms with van der Waals surface area (Å²) in [6, 6.07) is 0. The minimum absolute atomic E-state index is 0.388. The topological polar surface area (TPSA) is 43.6 Å². The minimum Gasteiger partial charge on any atom is -0.228 e. The second-order valence-corrected chi connectivity index (χ2v) is 4.61. The Morgan fingerprint density at radius 1 is 1.27 bits per heavy atom. The summed E-state index contributed by atoms with van der Waals surface area (Å²) >= 11 is 7.60. The Bertz CT molecular complexity index is 266. The number of hydrogen-bond acceptors (Lipinski definition) is 4. The van der Waals surface area contributed by atoms with E-state index in [1.807, 2.05) is 11.8 Å². The van der Waals surface area contributed by atoms with E-state index >= 15 is 0 Å². The third kappa shape index (κ3) is 4.84. The molecule has 1 rings (SSSR count). The molecule has 86 valence electrons. The number of aromatic nitrogens is 4. The standard InChI is InChI=1S/C9H17ClN4S/c1-15-7-5-3-2-4-6-14-9(8-10)11-12-13-14/h2-8H2,1H3. The number of hydrogen-bond donors (Lipinski definition) is 0. The second-order valence-electron chi connectivity index (χ2n) is 3.36. The molecule has 0 saturated carbocycles. The lowest BCUT2D eigenvalue weighted by atomic mass is 10.2. The highest BCUT2D eigenvalue weighted by molar-refractivity contribution is 7.98. The molecule has 0 bridgehead atoms. The number of halogens is 1. The average molecular weight is 249 g/mol. The Balaban J connectivity index is 2.09. The Morgan fingerprint density at radius 3 is 2.80 bits per heavy atom. The summed E-state index contributed by atoms with van der Waals surface area (Å²) in [4.78, 5) is 0. The van der Waals surface area contributed by atoms with E-state index in [2.05, 4.69) is 21.8 Å². The molecule has 15 heavy (non-hydrogen) atoms. The van der Waals surface area contributed by atoms with Crippen LogP contribution in [-0.4, -0.2) is 32.2 Å². The first-order valence-corrected chi connectivity index (χ1v) is 7.11. The fourth-order valence-electron chi connectivity index (χ4n) is 1.35. The molecule has 1 heterocycles. The molecule has 0 aliphatic rings. The van der Waals surface area contributed by atoms with Crippen molar-refractivity contribution in [1.82, 2.24) is 20.2 Å². The summed E-state index contributed by atoms with van der Waals surface area (Å²) < 4.78 is 1.79. The lowest BCUT2D eigenvalue weighted by Gasteiger charge is -2.02. The molecule has 0 unspecified atom stereocenters. The van der Waals surface area contributed by atoms with Crippen molar-refractivity contribution < 1.29 is 0 Å². The van der Waals surface area contributed by atoms with E-state index in [9.17, 15) is 0 Å². The number of thioether (sulfide) groups is 1. The molecular weight excluding hydrogens is 232 g/mol. The zero-order chi connectivity index (χ0) is 10.9. The van der Waals surface area contributed by atoms with Gasteiger partial charge in [0.25, 0.3) is 0 Å². The van der Waals surface area contributed by atoms with Gasteiger partial charge in [-0.05, 0) is 35.3 Å². The number of rotatable bonds is 8. The highest BCUT2D eigenvalue weighted by atomic mass is 35.5. The van der Waals surface area contributed by atoms with Gasteiger partial charge >= 0.3 is 0 Å². The van der Waals surface area contributed by atoms with Gasteiger partial charge in [-0.25, -0.2) is 4.68 Å². The Hall–Kier alpha value is -0.290. The van der Waals surface area contributed by atoms with Gasteiger partial charge in [0.15, 0.2) is 5.82 Å². The van der Waals surface area contributed by atoms with Gasteiger partial charge in [0.1, 0.15) is 0 Å². The summed E-state index contributed by atoms with van der Waals surface area (Å²) in [7, 11) is 0. The van der Waals surface area contributed by atoms with E-state index < -0.39 is 0 Å². The largest absolute Gasteiger partial charge is 0.228 e. The van der Waals surface area contributed by atoms with Gasteiger partial charge in [-0.15, -0.1) is 16.7 Å². The van der Waals surface area contributed by atoms with E-state index in [0.29, 0.717) is 5.88 Å². The summed E-state index contributed by atoms with van der Waals surface area (Å²) in [5.74, 6) is 2.41. The third-order valence-corrected chi connectivity index (χ3v) is 3.13. The summed E-state index contributed by atoms with van der Waals surface area (Å²) in [5, 5.41) is 11.3. The van der Waals surface area contributed by atoms with Crippen LogP contribution in [0, 0.1) is 0 Å². The normalized spacial score (nSPS) is 10.8. The number of nitrogens with zero attached hydrogens (tertiary/aromatic N) is 4. The Morgan fingerprint density at radius 2 is 2.07 bits per heavy atom. The third-order valence-electron chi connectivity index (χ3n) is 2.19. The lowest BCUT2D eigenvalue weighted by molar-refractivity contribution is 0.518. The van der Waals surface area contributed by atoms with Crippen LogP contribution in [0.15, 0.2) is 0 Å². The molecule has 4 nitrogen and oxygen atoms in total. The molecule has 0 saturated heterocycles. The first kappa shape index (κ1) is 12.8. The molecule has 0 spiro atoms. The molecule has 0 aliphatic carbocycles. The molecule has 0 amide bonds. The van der Waals surface area contributed by atoms with Crippen molar-refractivity contribution in [3.63, 3.8) is 0 Å². The number of aryl methyl sites for hydroxylation is 1. The molecule has 0 aromatic carbocycles. The van der Waals surface area contributed by atoms with Gasteiger partial charge < -0.3 is 0 Å². The Kier molecular flexibility index (Phi) is 6.76. The minimum atomic E-state index is 0.388. The van der Waals surface area contributed by atoms with E-state index in [4.69, 9.17) is 11.6 Å². The van der Waals surface area contributed by atoms with Crippen molar-refractivity contribution in [2.24, 2.45) is 0 Å². The maximum atomic E-state index is 5.69. The smallest absolute Gasteiger partial charge is 0.165 e. The van der Waals surface area contributed by atoms with Crippen molar-refractivity contribution in [3.8, 4) is 0 Å². The van der Waals surface area contributed by atoms with Gasteiger partial charge in [-0.2, -0.15) is 11.8 Å². The molecule has 0 radical (unpaired) electrons. The second kappa shape index (κ2) is 7.93. The predicted octanol–water partition coefficient (Wildman–Crippen LogP) is 2.34. The van der Waals surface area contributed by atoms with Crippen LogP contribution in [0.2, 0.25) is 0 Å². The predicted molar refractivity (Wildman–Crippen MR) is 64.2 cm³/mol. The van der Waals surface area contributed by atoms with E-state index in [-0.39, 0.29) is 0 Å². The van der Waals surface area contributed by atoms with Crippen LogP contribution in [-0.2, 0) is 12.4 Å². The van der Waals surface area contributed by atoms with Crippen LogP contribution in [0.25, 0.3) is 0 Å². The van der Waals surface area contributed by atoms with Crippen molar-refractivity contribution >= 4 is 23.4 Å². The fraction of sp³-hybridized carbons (Fsp3) is 0.889. The fourth-order valence-corrected chi connectivity index (χ4v) is 2.04. The molecule has 0 atom stereocenters. The van der Waals surface area contributed by atoms with Crippen LogP contribution in [0.1, 0.15) is 31.5 Å². The van der Waals surface area contributed by atoms with Crippen LogP contribution in [0.3, 0.4) is 0 Å². The monoisotopic (exact) mass is 248 g/mol. The van der Waals surface area contributed by atoms with Gasteiger partial charge in [0.2, 0.25) is 0 Å². The van der Waals surface area contributed by atoms with Crippen LogP contribution in [0.5, 0.6) is 0 Å². The van der Waals surface area contributed by atoms with E-state index in [1.54, 1.807) is 4.68 Å². The maximum Gasteiger partial charge on any atom is 0.165 e. The van der Waals surface area contributed by atoms with Crippen LogP contribution in [0.4, 0.5) is 0 Å².